The van der Waals surface area contributed by atoms with Gasteiger partial charge in [0, 0.05) is 5.92 Å². The van der Waals surface area contributed by atoms with E-state index >= 15 is 0 Å². The molecule has 2 aliphatic carbocycles. The molecule has 2 aliphatic rings. The summed E-state index contributed by atoms with van der Waals surface area (Å²) >= 11 is 0. The van der Waals surface area contributed by atoms with Crippen molar-refractivity contribution in [1.82, 2.24) is 15.4 Å². The van der Waals surface area contributed by atoms with Crippen LogP contribution in [-0.2, 0) is 4.74 Å². The third-order valence-corrected chi connectivity index (χ3v) is 3.98. The topological polar surface area (TPSA) is 67.9 Å². The Labute approximate surface area is 99.9 Å². The van der Waals surface area contributed by atoms with Crippen LogP contribution in [0.25, 0.3) is 0 Å². The first-order valence-electron chi connectivity index (χ1n) is 6.39. The molecule has 2 fully saturated rings. The van der Waals surface area contributed by atoms with Crippen molar-refractivity contribution in [2.45, 2.75) is 38.5 Å². The number of fused-ring (bicyclic) bond motifs is 1. The first kappa shape index (κ1) is 10.7. The molecule has 0 aliphatic heterocycles. The molecule has 17 heavy (non-hydrogen) atoms. The molecule has 3 rings (SSSR count). The Morgan fingerprint density at radius 1 is 1.47 bits per heavy atom. The summed E-state index contributed by atoms with van der Waals surface area (Å²) in [5.41, 5.74) is 1.22. The van der Waals surface area contributed by atoms with Gasteiger partial charge in [-0.3, -0.25) is 0 Å². The van der Waals surface area contributed by atoms with E-state index in [1.165, 1.54) is 19.3 Å². The Bertz CT molecular complexity index is 429. The van der Waals surface area contributed by atoms with Gasteiger partial charge in [-0.25, -0.2) is 4.79 Å². The normalized spacial score (nSPS) is 30.8. The van der Waals surface area contributed by atoms with Gasteiger partial charge in [0.15, 0.2) is 5.69 Å². The van der Waals surface area contributed by atoms with E-state index in [4.69, 9.17) is 4.74 Å². The summed E-state index contributed by atoms with van der Waals surface area (Å²) in [5.74, 6) is 1.65. The summed E-state index contributed by atoms with van der Waals surface area (Å²) in [6.45, 7) is 2.18. The zero-order valence-corrected chi connectivity index (χ0v) is 9.98. The Morgan fingerprint density at radius 3 is 3.18 bits per heavy atom. The maximum absolute atomic E-state index is 11.7. The third-order valence-electron chi connectivity index (χ3n) is 3.98. The molecule has 5 nitrogen and oxygen atoms in total. The van der Waals surface area contributed by atoms with E-state index in [0.29, 0.717) is 18.2 Å². The Kier molecular flexibility index (Phi) is 2.61. The molecule has 0 bridgehead atoms. The summed E-state index contributed by atoms with van der Waals surface area (Å²) < 4.78 is 5.01. The quantitative estimate of drug-likeness (QED) is 0.812. The fraction of sp³-hybridized carbons (Fsp3) is 0.750. The molecule has 3 atom stereocenters. The minimum atomic E-state index is -0.348. The van der Waals surface area contributed by atoms with Crippen LogP contribution in [0.1, 0.15) is 54.7 Å². The highest BCUT2D eigenvalue weighted by atomic mass is 16.5. The van der Waals surface area contributed by atoms with Gasteiger partial charge in [0.2, 0.25) is 0 Å². The van der Waals surface area contributed by atoms with Crippen molar-refractivity contribution < 1.29 is 9.53 Å². The molecule has 0 saturated heterocycles. The zero-order chi connectivity index (χ0) is 11.8. The van der Waals surface area contributed by atoms with Crippen LogP contribution in [0.4, 0.5) is 0 Å². The fourth-order valence-corrected chi connectivity index (χ4v) is 3.10. The maximum Gasteiger partial charge on any atom is 0.360 e. The number of ether oxygens (including phenoxy) is 1. The number of rotatable bonds is 3. The summed E-state index contributed by atoms with van der Waals surface area (Å²) in [6.07, 6.45) is 4.99. The molecule has 5 heteroatoms. The van der Waals surface area contributed by atoms with Crippen LogP contribution in [0, 0.1) is 11.8 Å². The third kappa shape index (κ3) is 1.83. The standard InChI is InChI=1S/C12H17N3O2/c1-2-17-12(16)11-10(13-15-14-11)8-5-3-4-7-6-9(7)8/h7-9H,2-6H2,1H3,(H,13,14,15). The van der Waals surface area contributed by atoms with E-state index in [9.17, 15) is 4.79 Å². The van der Waals surface area contributed by atoms with Crippen LogP contribution in [0.2, 0.25) is 0 Å². The molecule has 0 aromatic carbocycles. The van der Waals surface area contributed by atoms with Crippen LogP contribution >= 0.6 is 0 Å². The average molecular weight is 235 g/mol. The lowest BCUT2D eigenvalue weighted by atomic mass is 9.86. The predicted octanol–water partition coefficient (Wildman–Crippen LogP) is 1.89. The summed E-state index contributed by atoms with van der Waals surface area (Å²) in [4.78, 5) is 11.7. The highest BCUT2D eigenvalue weighted by molar-refractivity contribution is 5.88. The van der Waals surface area contributed by atoms with Gasteiger partial charge in [0.25, 0.3) is 0 Å². The molecule has 1 aromatic rings. The summed E-state index contributed by atoms with van der Waals surface area (Å²) in [5, 5.41) is 10.7. The fourth-order valence-electron chi connectivity index (χ4n) is 3.10. The van der Waals surface area contributed by atoms with E-state index in [-0.39, 0.29) is 5.97 Å². The number of aromatic nitrogens is 3. The van der Waals surface area contributed by atoms with Crippen LogP contribution < -0.4 is 0 Å². The maximum atomic E-state index is 11.7. The predicted molar refractivity (Wildman–Crippen MR) is 60.5 cm³/mol. The second-order valence-corrected chi connectivity index (χ2v) is 4.97. The van der Waals surface area contributed by atoms with Crippen molar-refractivity contribution in [1.29, 1.82) is 0 Å². The van der Waals surface area contributed by atoms with Crippen LogP contribution in [0.3, 0.4) is 0 Å². The largest absolute Gasteiger partial charge is 0.461 e. The number of carbonyl (C=O) groups is 1. The lowest BCUT2D eigenvalue weighted by Crippen LogP contribution is -2.14. The van der Waals surface area contributed by atoms with Gasteiger partial charge in [-0.2, -0.15) is 10.3 Å². The minimum Gasteiger partial charge on any atom is -0.461 e. The molecule has 3 unspecified atom stereocenters. The zero-order valence-electron chi connectivity index (χ0n) is 9.98. The van der Waals surface area contributed by atoms with Gasteiger partial charge in [-0.15, -0.1) is 5.10 Å². The van der Waals surface area contributed by atoms with E-state index in [0.717, 1.165) is 24.0 Å². The number of hydrogen-bond acceptors (Lipinski definition) is 4. The molecule has 92 valence electrons. The van der Waals surface area contributed by atoms with E-state index in [1.807, 2.05) is 0 Å². The molecule has 0 amide bonds. The number of esters is 1. The van der Waals surface area contributed by atoms with Crippen molar-refractivity contribution in [3.05, 3.63) is 11.4 Å². The van der Waals surface area contributed by atoms with Crippen molar-refractivity contribution in [2.75, 3.05) is 6.61 Å². The van der Waals surface area contributed by atoms with Gasteiger partial charge in [-0.05, 0) is 31.6 Å². The summed E-state index contributed by atoms with van der Waals surface area (Å²) in [6, 6.07) is 0. The van der Waals surface area contributed by atoms with Crippen molar-refractivity contribution in [3.63, 3.8) is 0 Å². The molecule has 0 spiro atoms. The average Bonchev–Trinajstić information content (AvgIpc) is 2.96. The van der Waals surface area contributed by atoms with Gasteiger partial charge < -0.3 is 4.74 Å². The highest BCUT2D eigenvalue weighted by Crippen LogP contribution is 2.56. The lowest BCUT2D eigenvalue weighted by molar-refractivity contribution is 0.0517. The van der Waals surface area contributed by atoms with E-state index < -0.39 is 0 Å². The number of nitrogens with one attached hydrogen (secondary N) is 1. The monoisotopic (exact) mass is 235 g/mol. The second-order valence-electron chi connectivity index (χ2n) is 4.97. The van der Waals surface area contributed by atoms with Crippen LogP contribution in [-0.4, -0.2) is 28.0 Å². The van der Waals surface area contributed by atoms with Crippen molar-refractivity contribution in [3.8, 4) is 0 Å². The Balaban J connectivity index is 1.83. The summed E-state index contributed by atoms with van der Waals surface area (Å²) in [7, 11) is 0. The number of aromatic amines is 1. The van der Waals surface area contributed by atoms with Gasteiger partial charge in [0.1, 0.15) is 5.69 Å². The SMILES string of the molecule is CCOC(=O)c1n[nH]nc1C1CCCC2CC21. The van der Waals surface area contributed by atoms with Crippen LogP contribution in [0.15, 0.2) is 0 Å². The van der Waals surface area contributed by atoms with E-state index in [2.05, 4.69) is 15.4 Å². The number of carbonyl (C=O) groups excluding carboxylic acids is 1. The van der Waals surface area contributed by atoms with Gasteiger partial charge in [0.05, 0.1) is 6.61 Å². The van der Waals surface area contributed by atoms with Gasteiger partial charge >= 0.3 is 5.97 Å². The first-order chi connectivity index (χ1) is 8.31. The Morgan fingerprint density at radius 2 is 2.35 bits per heavy atom. The number of nitrogens with zero attached hydrogens (tertiary/aromatic N) is 2. The highest BCUT2D eigenvalue weighted by Gasteiger charge is 2.47. The van der Waals surface area contributed by atoms with E-state index in [1.54, 1.807) is 6.92 Å². The first-order valence-corrected chi connectivity index (χ1v) is 6.39. The number of H-pyrrole nitrogens is 1. The smallest absolute Gasteiger partial charge is 0.360 e. The Hall–Kier alpha value is -1.39. The molecular weight excluding hydrogens is 218 g/mol. The van der Waals surface area contributed by atoms with Crippen molar-refractivity contribution in [2.24, 2.45) is 11.8 Å². The van der Waals surface area contributed by atoms with Crippen molar-refractivity contribution >= 4 is 5.97 Å². The van der Waals surface area contributed by atoms with Crippen LogP contribution in [0.5, 0.6) is 0 Å². The molecule has 0 radical (unpaired) electrons. The lowest BCUT2D eigenvalue weighted by Gasteiger charge is -2.19. The molecule has 1 N–H and O–H groups in total. The molecular formula is C12H17N3O2. The molecule has 1 heterocycles. The van der Waals surface area contributed by atoms with Gasteiger partial charge in [-0.1, -0.05) is 12.8 Å². The molecule has 1 aromatic heterocycles. The molecule has 2 saturated carbocycles. The second kappa shape index (κ2) is 4.13. The number of hydrogen-bond donors (Lipinski definition) is 1. The minimum absolute atomic E-state index is 0.348.